The molecule has 0 unspecified atom stereocenters. The number of allylic oxidation sites excluding steroid dienone is 2. The van der Waals surface area contributed by atoms with Gasteiger partial charge in [-0.1, -0.05) is 12.1 Å². The fraction of sp³-hybridized carbons (Fsp3) is 0.429. The van der Waals surface area contributed by atoms with Crippen LogP contribution in [0, 0.1) is 0 Å². The summed E-state index contributed by atoms with van der Waals surface area (Å²) in [5.41, 5.74) is 4.99. The van der Waals surface area contributed by atoms with Gasteiger partial charge in [0.2, 0.25) is 0 Å². The van der Waals surface area contributed by atoms with Crippen LogP contribution in [0.5, 0.6) is 0 Å². The van der Waals surface area contributed by atoms with E-state index in [1.165, 1.54) is 22.5 Å². The minimum atomic E-state index is 0.944. The summed E-state index contributed by atoms with van der Waals surface area (Å²) in [6, 6.07) is 6.35. The second kappa shape index (κ2) is 6.21. The monoisotopic (exact) mass is 218 g/mol. The van der Waals surface area contributed by atoms with E-state index in [2.05, 4.69) is 62.6 Å². The third kappa shape index (κ3) is 2.78. The molecule has 1 aromatic rings. The first kappa shape index (κ1) is 12.6. The third-order valence-electron chi connectivity index (χ3n) is 2.63. The number of anilines is 2. The zero-order chi connectivity index (χ0) is 12.0. The second-order valence-corrected chi connectivity index (χ2v) is 3.76. The molecule has 16 heavy (non-hydrogen) atoms. The van der Waals surface area contributed by atoms with E-state index in [1.54, 1.807) is 0 Å². The van der Waals surface area contributed by atoms with Crippen LogP contribution in [0.2, 0.25) is 0 Å². The molecule has 0 saturated heterocycles. The number of rotatable bonds is 5. The van der Waals surface area contributed by atoms with E-state index in [-0.39, 0.29) is 0 Å². The highest BCUT2D eigenvalue weighted by molar-refractivity contribution is 5.84. The first-order valence-corrected chi connectivity index (χ1v) is 5.98. The van der Waals surface area contributed by atoms with E-state index >= 15 is 0 Å². The fourth-order valence-electron chi connectivity index (χ4n) is 1.80. The van der Waals surface area contributed by atoms with E-state index in [0.29, 0.717) is 0 Å². The average molecular weight is 218 g/mol. The van der Waals surface area contributed by atoms with Gasteiger partial charge in [0.05, 0.1) is 0 Å². The van der Waals surface area contributed by atoms with Crippen molar-refractivity contribution in [3.63, 3.8) is 0 Å². The molecule has 1 rings (SSSR count). The predicted molar refractivity (Wildman–Crippen MR) is 74.1 cm³/mol. The van der Waals surface area contributed by atoms with Gasteiger partial charge in [-0.25, -0.2) is 0 Å². The van der Waals surface area contributed by atoms with Crippen LogP contribution in [0.3, 0.4) is 0 Å². The van der Waals surface area contributed by atoms with Crippen LogP contribution < -0.4 is 10.6 Å². The molecule has 2 nitrogen and oxygen atoms in total. The molecule has 0 aliphatic carbocycles. The average Bonchev–Trinajstić information content (AvgIpc) is 2.29. The molecule has 2 N–H and O–H groups in total. The van der Waals surface area contributed by atoms with Crippen LogP contribution >= 0.6 is 0 Å². The number of nitrogens with one attached hydrogen (secondary N) is 2. The molecule has 0 radical (unpaired) electrons. The van der Waals surface area contributed by atoms with E-state index in [0.717, 1.165) is 13.1 Å². The van der Waals surface area contributed by atoms with Gasteiger partial charge < -0.3 is 10.6 Å². The van der Waals surface area contributed by atoms with Gasteiger partial charge in [-0.2, -0.15) is 0 Å². The molecule has 2 heteroatoms. The fourth-order valence-corrected chi connectivity index (χ4v) is 1.80. The molecular formula is C14H22N2. The van der Waals surface area contributed by atoms with Crippen LogP contribution in [0.25, 0.3) is 5.57 Å². The second-order valence-electron chi connectivity index (χ2n) is 3.76. The molecule has 0 aliphatic heterocycles. The van der Waals surface area contributed by atoms with Gasteiger partial charge in [-0.05, 0) is 45.4 Å². The third-order valence-corrected chi connectivity index (χ3v) is 2.63. The number of benzene rings is 1. The van der Waals surface area contributed by atoms with Crippen molar-refractivity contribution in [2.45, 2.75) is 27.7 Å². The molecular weight excluding hydrogens is 196 g/mol. The minimum Gasteiger partial charge on any atom is -0.385 e. The standard InChI is InChI=1S/C14H22N2/c1-5-11(4)14-12(15-6-2)9-8-10-13(14)16-7-3/h5,8-10,15-16H,6-7H2,1-4H3/b11-5-. The van der Waals surface area contributed by atoms with E-state index in [1.807, 2.05) is 0 Å². The molecule has 0 bridgehead atoms. The minimum absolute atomic E-state index is 0.944. The van der Waals surface area contributed by atoms with Gasteiger partial charge in [-0.15, -0.1) is 0 Å². The van der Waals surface area contributed by atoms with Crippen LogP contribution in [0.4, 0.5) is 11.4 Å². The van der Waals surface area contributed by atoms with Gasteiger partial charge in [0.1, 0.15) is 0 Å². The SMILES string of the molecule is C/C=C(/C)c1c(NCC)cccc1NCC. The summed E-state index contributed by atoms with van der Waals surface area (Å²) in [6.45, 7) is 10.4. The molecule has 0 spiro atoms. The maximum Gasteiger partial charge on any atom is 0.0437 e. The lowest BCUT2D eigenvalue weighted by molar-refractivity contribution is 1.19. The highest BCUT2D eigenvalue weighted by atomic mass is 14.9. The van der Waals surface area contributed by atoms with Gasteiger partial charge in [0.25, 0.3) is 0 Å². The molecule has 0 saturated carbocycles. The van der Waals surface area contributed by atoms with Crippen LogP contribution in [0.1, 0.15) is 33.3 Å². The predicted octanol–water partition coefficient (Wildman–Crippen LogP) is 3.97. The smallest absolute Gasteiger partial charge is 0.0437 e. The Hall–Kier alpha value is -1.44. The molecule has 0 heterocycles. The van der Waals surface area contributed by atoms with Crippen LogP contribution in [-0.4, -0.2) is 13.1 Å². The van der Waals surface area contributed by atoms with Crippen molar-refractivity contribution in [2.24, 2.45) is 0 Å². The van der Waals surface area contributed by atoms with Crippen molar-refractivity contribution >= 4 is 16.9 Å². The quantitative estimate of drug-likeness (QED) is 0.781. The Morgan fingerprint density at radius 2 is 1.62 bits per heavy atom. The Morgan fingerprint density at radius 1 is 1.12 bits per heavy atom. The first-order chi connectivity index (χ1) is 7.74. The Morgan fingerprint density at radius 3 is 2.00 bits per heavy atom. The zero-order valence-corrected chi connectivity index (χ0v) is 10.7. The Labute approximate surface area is 98.8 Å². The molecule has 0 fully saturated rings. The number of hydrogen-bond donors (Lipinski definition) is 2. The Bertz CT molecular complexity index is 343. The highest BCUT2D eigenvalue weighted by Gasteiger charge is 2.08. The van der Waals surface area contributed by atoms with E-state index in [9.17, 15) is 0 Å². The van der Waals surface area contributed by atoms with Crippen molar-refractivity contribution in [1.29, 1.82) is 0 Å². The number of hydrogen-bond acceptors (Lipinski definition) is 2. The van der Waals surface area contributed by atoms with Crippen LogP contribution in [-0.2, 0) is 0 Å². The van der Waals surface area contributed by atoms with Crippen LogP contribution in [0.15, 0.2) is 24.3 Å². The molecule has 1 aromatic carbocycles. The lowest BCUT2D eigenvalue weighted by Gasteiger charge is -2.16. The van der Waals surface area contributed by atoms with Gasteiger partial charge in [0, 0.05) is 30.0 Å². The summed E-state index contributed by atoms with van der Waals surface area (Å²) in [7, 11) is 0. The first-order valence-electron chi connectivity index (χ1n) is 5.98. The van der Waals surface area contributed by atoms with Gasteiger partial charge in [0.15, 0.2) is 0 Å². The largest absolute Gasteiger partial charge is 0.385 e. The lowest BCUT2D eigenvalue weighted by Crippen LogP contribution is -2.05. The van der Waals surface area contributed by atoms with Crippen molar-refractivity contribution in [1.82, 2.24) is 0 Å². The summed E-state index contributed by atoms with van der Waals surface area (Å²) in [6.07, 6.45) is 2.15. The highest BCUT2D eigenvalue weighted by Crippen LogP contribution is 2.31. The van der Waals surface area contributed by atoms with Gasteiger partial charge in [-0.3, -0.25) is 0 Å². The summed E-state index contributed by atoms with van der Waals surface area (Å²) >= 11 is 0. The molecule has 0 aromatic heterocycles. The molecule has 88 valence electrons. The van der Waals surface area contributed by atoms with E-state index < -0.39 is 0 Å². The zero-order valence-electron chi connectivity index (χ0n) is 10.7. The molecule has 0 atom stereocenters. The summed E-state index contributed by atoms with van der Waals surface area (Å²) in [5.74, 6) is 0. The maximum atomic E-state index is 3.41. The Kier molecular flexibility index (Phi) is 4.90. The summed E-state index contributed by atoms with van der Waals surface area (Å²) in [4.78, 5) is 0. The van der Waals surface area contributed by atoms with Crippen molar-refractivity contribution in [2.75, 3.05) is 23.7 Å². The summed E-state index contributed by atoms with van der Waals surface area (Å²) in [5, 5.41) is 6.82. The maximum absolute atomic E-state index is 3.41. The van der Waals surface area contributed by atoms with E-state index in [4.69, 9.17) is 0 Å². The van der Waals surface area contributed by atoms with Crippen molar-refractivity contribution in [3.05, 3.63) is 29.8 Å². The molecule has 0 amide bonds. The van der Waals surface area contributed by atoms with Crippen molar-refractivity contribution in [3.8, 4) is 0 Å². The Balaban J connectivity index is 3.23. The molecule has 0 aliphatic rings. The summed E-state index contributed by atoms with van der Waals surface area (Å²) < 4.78 is 0. The van der Waals surface area contributed by atoms with Gasteiger partial charge >= 0.3 is 0 Å². The van der Waals surface area contributed by atoms with Crippen molar-refractivity contribution < 1.29 is 0 Å². The lowest BCUT2D eigenvalue weighted by atomic mass is 10.0. The normalized spacial score (nSPS) is 11.4. The topological polar surface area (TPSA) is 24.1 Å².